The Kier molecular flexibility index (Phi) is 3.97. The van der Waals surface area contributed by atoms with Gasteiger partial charge in [0.15, 0.2) is 0 Å². The highest BCUT2D eigenvalue weighted by Crippen LogP contribution is 2.17. The molecule has 1 aliphatic heterocycles. The minimum atomic E-state index is -0.505. The molecule has 1 fully saturated rings. The predicted molar refractivity (Wildman–Crippen MR) is 67.1 cm³/mol. The average Bonchev–Trinajstić information content (AvgIpc) is 2.41. The first kappa shape index (κ1) is 13.3. The van der Waals surface area contributed by atoms with Gasteiger partial charge < -0.3 is 15.0 Å². The molecule has 1 aromatic carbocycles. The fourth-order valence-electron chi connectivity index (χ4n) is 1.93. The monoisotopic (exact) mass is 263 g/mol. The topological polar surface area (TPSA) is 65.4 Å². The number of morpholine rings is 1. The van der Waals surface area contributed by atoms with E-state index in [2.05, 4.69) is 5.32 Å². The van der Waals surface area contributed by atoms with Gasteiger partial charge in [-0.2, -0.15) is 5.26 Å². The molecule has 0 radical (unpaired) electrons. The molecular weight excluding hydrogens is 249 g/mol. The highest BCUT2D eigenvalue weighted by atomic mass is 19.1. The molecule has 1 aliphatic rings. The zero-order chi connectivity index (χ0) is 13.8. The van der Waals surface area contributed by atoms with E-state index in [1.165, 1.54) is 12.1 Å². The number of nitriles is 1. The number of halogens is 1. The van der Waals surface area contributed by atoms with Crippen molar-refractivity contribution in [2.45, 2.75) is 13.0 Å². The molecule has 100 valence electrons. The van der Waals surface area contributed by atoms with Gasteiger partial charge in [0.2, 0.25) is 0 Å². The van der Waals surface area contributed by atoms with Gasteiger partial charge in [0.1, 0.15) is 11.9 Å². The number of benzene rings is 1. The van der Waals surface area contributed by atoms with E-state index in [1.807, 2.05) is 13.0 Å². The fraction of sp³-hybridized carbons (Fsp3) is 0.385. The van der Waals surface area contributed by atoms with E-state index in [4.69, 9.17) is 10.00 Å². The zero-order valence-corrected chi connectivity index (χ0v) is 10.5. The van der Waals surface area contributed by atoms with Crippen molar-refractivity contribution in [1.29, 1.82) is 5.26 Å². The number of carbonyl (C=O) groups excluding carboxylic acids is 1. The quantitative estimate of drug-likeness (QED) is 0.842. The van der Waals surface area contributed by atoms with E-state index >= 15 is 0 Å². The number of nitrogens with one attached hydrogen (secondary N) is 1. The Labute approximate surface area is 110 Å². The van der Waals surface area contributed by atoms with Crippen molar-refractivity contribution >= 4 is 11.7 Å². The third-order valence-corrected chi connectivity index (χ3v) is 2.97. The van der Waals surface area contributed by atoms with Crippen LogP contribution in [0.15, 0.2) is 18.2 Å². The van der Waals surface area contributed by atoms with Gasteiger partial charge in [-0.15, -0.1) is 0 Å². The minimum absolute atomic E-state index is 0.0280. The summed E-state index contributed by atoms with van der Waals surface area (Å²) in [6.07, 6.45) is 0. The molecule has 0 aliphatic carbocycles. The van der Waals surface area contributed by atoms with Gasteiger partial charge in [-0.25, -0.2) is 9.18 Å². The summed E-state index contributed by atoms with van der Waals surface area (Å²) >= 11 is 0. The largest absolute Gasteiger partial charge is 0.377 e. The van der Waals surface area contributed by atoms with Gasteiger partial charge in [-0.05, 0) is 25.1 Å². The molecule has 1 saturated heterocycles. The Morgan fingerprint density at radius 3 is 3.11 bits per heavy atom. The molecule has 0 spiro atoms. The van der Waals surface area contributed by atoms with Crippen molar-refractivity contribution in [2.75, 3.05) is 25.1 Å². The average molecular weight is 263 g/mol. The van der Waals surface area contributed by atoms with E-state index in [0.29, 0.717) is 25.4 Å². The Morgan fingerprint density at radius 2 is 2.42 bits per heavy atom. The maximum atomic E-state index is 13.0. The Morgan fingerprint density at radius 1 is 1.63 bits per heavy atom. The first-order valence-corrected chi connectivity index (χ1v) is 5.97. The summed E-state index contributed by atoms with van der Waals surface area (Å²) in [5.74, 6) is -0.505. The standard InChI is InChI=1S/C13H14FN3O2/c1-9-8-19-5-4-17(9)13(18)16-12-3-2-11(14)6-10(12)7-15/h2-3,6,9H,4-5,8H2,1H3,(H,16,18)/t9-/m0/s1. The predicted octanol–water partition coefficient (Wildman–Crippen LogP) is 1.95. The molecule has 1 aromatic rings. The summed E-state index contributed by atoms with van der Waals surface area (Å²) in [7, 11) is 0. The molecule has 1 N–H and O–H groups in total. The van der Waals surface area contributed by atoms with Crippen LogP contribution in [0.1, 0.15) is 12.5 Å². The zero-order valence-electron chi connectivity index (χ0n) is 10.5. The highest BCUT2D eigenvalue weighted by Gasteiger charge is 2.24. The summed E-state index contributed by atoms with van der Waals surface area (Å²) in [5, 5.41) is 11.5. The van der Waals surface area contributed by atoms with Crippen molar-refractivity contribution in [2.24, 2.45) is 0 Å². The number of rotatable bonds is 1. The van der Waals surface area contributed by atoms with Crippen LogP contribution < -0.4 is 5.32 Å². The first-order valence-electron chi connectivity index (χ1n) is 5.97. The van der Waals surface area contributed by atoms with Crippen LogP contribution in [0.25, 0.3) is 0 Å². The molecule has 1 heterocycles. The summed E-state index contributed by atoms with van der Waals surface area (Å²) in [6.45, 7) is 3.36. The van der Waals surface area contributed by atoms with Crippen LogP contribution in [0.2, 0.25) is 0 Å². The van der Waals surface area contributed by atoms with Crippen LogP contribution in [0.5, 0.6) is 0 Å². The van der Waals surface area contributed by atoms with Crippen LogP contribution in [0.4, 0.5) is 14.9 Å². The number of ether oxygens (including phenoxy) is 1. The van der Waals surface area contributed by atoms with Crippen molar-refractivity contribution in [3.05, 3.63) is 29.6 Å². The van der Waals surface area contributed by atoms with Gasteiger partial charge in [-0.3, -0.25) is 0 Å². The second kappa shape index (κ2) is 5.67. The van der Waals surface area contributed by atoms with Crippen molar-refractivity contribution in [3.8, 4) is 6.07 Å². The number of carbonyl (C=O) groups is 1. The van der Waals surface area contributed by atoms with Gasteiger partial charge in [0.05, 0.1) is 30.5 Å². The molecule has 0 aromatic heterocycles. The number of amides is 2. The Hall–Kier alpha value is -2.13. The molecule has 0 saturated carbocycles. The molecule has 6 heteroatoms. The van der Waals surface area contributed by atoms with Gasteiger partial charge in [0, 0.05) is 6.54 Å². The summed E-state index contributed by atoms with van der Waals surface area (Å²) in [4.78, 5) is 13.7. The summed E-state index contributed by atoms with van der Waals surface area (Å²) < 4.78 is 18.2. The lowest BCUT2D eigenvalue weighted by Crippen LogP contribution is -2.48. The number of hydrogen-bond acceptors (Lipinski definition) is 3. The van der Waals surface area contributed by atoms with Crippen LogP contribution in [0.3, 0.4) is 0 Å². The molecule has 5 nitrogen and oxygen atoms in total. The second-order valence-corrected chi connectivity index (χ2v) is 4.35. The van der Waals surface area contributed by atoms with Crippen LogP contribution in [-0.2, 0) is 4.74 Å². The Bertz CT molecular complexity index is 527. The third kappa shape index (κ3) is 3.01. The van der Waals surface area contributed by atoms with E-state index < -0.39 is 5.82 Å². The molecule has 2 amide bonds. The Balaban J connectivity index is 2.12. The summed E-state index contributed by atoms with van der Waals surface area (Å²) in [6, 6.07) is 5.21. The minimum Gasteiger partial charge on any atom is -0.377 e. The normalized spacial score (nSPS) is 18.8. The first-order chi connectivity index (χ1) is 9.11. The van der Waals surface area contributed by atoms with Gasteiger partial charge in [-0.1, -0.05) is 0 Å². The van der Waals surface area contributed by atoms with Gasteiger partial charge in [0.25, 0.3) is 0 Å². The highest BCUT2D eigenvalue weighted by molar-refractivity contribution is 5.91. The van der Waals surface area contributed by atoms with Crippen LogP contribution in [-0.4, -0.2) is 36.7 Å². The third-order valence-electron chi connectivity index (χ3n) is 2.97. The van der Waals surface area contributed by atoms with Gasteiger partial charge >= 0.3 is 6.03 Å². The van der Waals surface area contributed by atoms with Crippen molar-refractivity contribution in [1.82, 2.24) is 4.90 Å². The molecule has 0 bridgehead atoms. The maximum Gasteiger partial charge on any atom is 0.322 e. The number of urea groups is 1. The van der Waals surface area contributed by atoms with Crippen LogP contribution >= 0.6 is 0 Å². The SMILES string of the molecule is C[C@H]1COCCN1C(=O)Nc1ccc(F)cc1C#N. The lowest BCUT2D eigenvalue weighted by Gasteiger charge is -2.33. The van der Waals surface area contributed by atoms with E-state index in [-0.39, 0.29) is 17.6 Å². The van der Waals surface area contributed by atoms with E-state index in [1.54, 1.807) is 4.90 Å². The molecular formula is C13H14FN3O2. The number of anilines is 1. The lowest BCUT2D eigenvalue weighted by atomic mass is 10.2. The number of hydrogen-bond donors (Lipinski definition) is 1. The maximum absolute atomic E-state index is 13.0. The number of nitrogens with zero attached hydrogens (tertiary/aromatic N) is 2. The van der Waals surface area contributed by atoms with Crippen molar-refractivity contribution in [3.63, 3.8) is 0 Å². The van der Waals surface area contributed by atoms with Crippen molar-refractivity contribution < 1.29 is 13.9 Å². The summed E-state index contributed by atoms with van der Waals surface area (Å²) in [5.41, 5.74) is 0.418. The smallest absolute Gasteiger partial charge is 0.322 e. The van der Waals surface area contributed by atoms with E-state index in [9.17, 15) is 9.18 Å². The lowest BCUT2D eigenvalue weighted by molar-refractivity contribution is 0.0221. The second-order valence-electron chi connectivity index (χ2n) is 4.35. The molecule has 19 heavy (non-hydrogen) atoms. The van der Waals surface area contributed by atoms with Crippen LogP contribution in [0, 0.1) is 17.1 Å². The van der Waals surface area contributed by atoms with E-state index in [0.717, 1.165) is 6.07 Å². The molecule has 0 unspecified atom stereocenters. The molecule has 1 atom stereocenters. The molecule has 2 rings (SSSR count). The fourth-order valence-corrected chi connectivity index (χ4v) is 1.93.